The molecule has 1 heterocycles. The molecule has 0 radical (unpaired) electrons. The molecule has 0 bridgehead atoms. The summed E-state index contributed by atoms with van der Waals surface area (Å²) in [6, 6.07) is 26.5. The van der Waals surface area contributed by atoms with Crippen LogP contribution in [0.2, 0.25) is 0 Å². The molecular formula is C30H33NO7. The average Bonchev–Trinajstić information content (AvgIpc) is 3.07. The standard InChI is InChI=1S/C26H29NO3.C4H4O4/c1-27(17-21(28)19-29-22-10-3-2-4-11-22)16-15-24-23-12-6-5-9-20(23)18-30-26-14-8-7-13-25(24)26;5-3(6)1-2-4(7)8/h2-14,21,24,28H,15-19H2,1H3;1-2H,(H,5,6)(H,7,8)/b;2-1+. The molecule has 2 atom stereocenters. The van der Waals surface area contributed by atoms with Crippen molar-refractivity contribution >= 4 is 11.9 Å². The number of aliphatic hydroxyl groups is 1. The molecule has 1 aliphatic rings. The van der Waals surface area contributed by atoms with E-state index in [0.29, 0.717) is 25.3 Å². The Morgan fingerprint density at radius 3 is 2.24 bits per heavy atom. The predicted molar refractivity (Wildman–Crippen MR) is 144 cm³/mol. The monoisotopic (exact) mass is 519 g/mol. The molecule has 0 fully saturated rings. The summed E-state index contributed by atoms with van der Waals surface area (Å²) in [4.78, 5) is 21.3. The van der Waals surface area contributed by atoms with Crippen LogP contribution >= 0.6 is 0 Å². The highest BCUT2D eigenvalue weighted by molar-refractivity contribution is 5.89. The fourth-order valence-electron chi connectivity index (χ4n) is 4.24. The summed E-state index contributed by atoms with van der Waals surface area (Å²) >= 11 is 0. The molecule has 0 amide bonds. The maximum atomic E-state index is 10.4. The number of para-hydroxylation sites is 2. The van der Waals surface area contributed by atoms with E-state index in [1.807, 2.05) is 36.4 Å². The first-order valence-corrected chi connectivity index (χ1v) is 12.3. The number of hydrogen-bond acceptors (Lipinski definition) is 6. The normalized spacial score (nSPS) is 14.8. The molecule has 8 nitrogen and oxygen atoms in total. The van der Waals surface area contributed by atoms with E-state index >= 15 is 0 Å². The summed E-state index contributed by atoms with van der Waals surface area (Å²) in [6.07, 6.45) is 1.54. The van der Waals surface area contributed by atoms with Gasteiger partial charge in [-0.3, -0.25) is 0 Å². The number of benzene rings is 3. The number of carboxylic acid groups (broad SMARTS) is 2. The van der Waals surface area contributed by atoms with Crippen molar-refractivity contribution in [3.05, 3.63) is 108 Å². The van der Waals surface area contributed by atoms with Gasteiger partial charge in [0.1, 0.15) is 30.8 Å². The van der Waals surface area contributed by atoms with Crippen LogP contribution in [0.3, 0.4) is 0 Å². The van der Waals surface area contributed by atoms with Crippen molar-refractivity contribution in [2.24, 2.45) is 0 Å². The number of likely N-dealkylation sites (N-methyl/N-ethyl adjacent to an activating group) is 1. The maximum Gasteiger partial charge on any atom is 0.328 e. The Morgan fingerprint density at radius 1 is 0.947 bits per heavy atom. The largest absolute Gasteiger partial charge is 0.491 e. The number of nitrogens with zero attached hydrogens (tertiary/aromatic N) is 1. The molecule has 1 aliphatic heterocycles. The van der Waals surface area contributed by atoms with E-state index in [9.17, 15) is 14.7 Å². The van der Waals surface area contributed by atoms with Gasteiger partial charge in [0.2, 0.25) is 0 Å². The van der Waals surface area contributed by atoms with Crippen molar-refractivity contribution in [2.75, 3.05) is 26.7 Å². The van der Waals surface area contributed by atoms with Crippen molar-refractivity contribution in [3.8, 4) is 11.5 Å². The quantitative estimate of drug-likeness (QED) is 0.342. The van der Waals surface area contributed by atoms with E-state index in [0.717, 1.165) is 24.5 Å². The summed E-state index contributed by atoms with van der Waals surface area (Å²) in [6.45, 7) is 2.33. The topological polar surface area (TPSA) is 117 Å². The van der Waals surface area contributed by atoms with Gasteiger partial charge in [0, 0.05) is 30.2 Å². The maximum absolute atomic E-state index is 10.4. The molecule has 2 unspecified atom stereocenters. The second-order valence-electron chi connectivity index (χ2n) is 8.92. The lowest BCUT2D eigenvalue weighted by molar-refractivity contribution is -0.134. The van der Waals surface area contributed by atoms with E-state index in [2.05, 4.69) is 54.4 Å². The van der Waals surface area contributed by atoms with Crippen molar-refractivity contribution < 1.29 is 34.4 Å². The van der Waals surface area contributed by atoms with E-state index in [-0.39, 0.29) is 12.5 Å². The van der Waals surface area contributed by atoms with E-state index in [4.69, 9.17) is 19.7 Å². The van der Waals surface area contributed by atoms with Crippen LogP contribution in [0.25, 0.3) is 0 Å². The van der Waals surface area contributed by atoms with Gasteiger partial charge in [-0.05, 0) is 49.3 Å². The smallest absolute Gasteiger partial charge is 0.328 e. The van der Waals surface area contributed by atoms with Gasteiger partial charge in [-0.25, -0.2) is 9.59 Å². The van der Waals surface area contributed by atoms with Gasteiger partial charge in [-0.2, -0.15) is 0 Å². The second kappa shape index (κ2) is 14.6. The molecule has 3 N–H and O–H groups in total. The van der Waals surface area contributed by atoms with E-state index in [1.165, 1.54) is 16.7 Å². The first kappa shape index (κ1) is 28.4. The Morgan fingerprint density at radius 2 is 1.55 bits per heavy atom. The predicted octanol–water partition coefficient (Wildman–Crippen LogP) is 4.18. The van der Waals surface area contributed by atoms with Crippen LogP contribution in [0.5, 0.6) is 11.5 Å². The number of carboxylic acids is 2. The fourth-order valence-corrected chi connectivity index (χ4v) is 4.24. The number of carbonyl (C=O) groups is 2. The van der Waals surface area contributed by atoms with Gasteiger partial charge in [0.15, 0.2) is 0 Å². The van der Waals surface area contributed by atoms with Crippen LogP contribution in [0.1, 0.15) is 29.0 Å². The van der Waals surface area contributed by atoms with Gasteiger partial charge in [0.25, 0.3) is 0 Å². The van der Waals surface area contributed by atoms with Gasteiger partial charge >= 0.3 is 11.9 Å². The Kier molecular flexibility index (Phi) is 10.9. The molecule has 3 aromatic rings. The van der Waals surface area contributed by atoms with Crippen LogP contribution < -0.4 is 9.47 Å². The van der Waals surface area contributed by atoms with Gasteiger partial charge < -0.3 is 29.7 Å². The van der Waals surface area contributed by atoms with E-state index in [1.54, 1.807) is 0 Å². The highest BCUT2D eigenvalue weighted by Crippen LogP contribution is 2.39. The molecular weight excluding hydrogens is 486 g/mol. The zero-order valence-electron chi connectivity index (χ0n) is 21.3. The number of aliphatic carboxylic acids is 2. The molecule has 0 aliphatic carbocycles. The minimum absolute atomic E-state index is 0.278. The SMILES string of the molecule is CN(CCC1c2ccccc2COc2ccccc21)CC(O)COc1ccccc1.O=C(O)/C=C/C(=O)O. The summed E-state index contributed by atoms with van der Waals surface area (Å²) < 4.78 is 11.8. The van der Waals surface area contributed by atoms with Crippen molar-refractivity contribution in [1.82, 2.24) is 4.90 Å². The highest BCUT2D eigenvalue weighted by atomic mass is 16.5. The molecule has 0 spiro atoms. The number of fused-ring (bicyclic) bond motifs is 2. The van der Waals surface area contributed by atoms with Crippen LogP contribution in [-0.4, -0.2) is 65.0 Å². The molecule has 0 saturated carbocycles. The summed E-state index contributed by atoms with van der Waals surface area (Å²) in [5.74, 6) is -0.483. The Hall–Kier alpha value is -4.14. The second-order valence-corrected chi connectivity index (χ2v) is 8.92. The zero-order valence-corrected chi connectivity index (χ0v) is 21.3. The van der Waals surface area contributed by atoms with Crippen molar-refractivity contribution in [3.63, 3.8) is 0 Å². The lowest BCUT2D eigenvalue weighted by Crippen LogP contribution is -2.34. The Bertz CT molecular complexity index is 1150. The van der Waals surface area contributed by atoms with Gasteiger partial charge in [-0.15, -0.1) is 0 Å². The van der Waals surface area contributed by atoms with Crippen molar-refractivity contribution in [2.45, 2.75) is 25.0 Å². The molecule has 8 heteroatoms. The minimum Gasteiger partial charge on any atom is -0.491 e. The third kappa shape index (κ3) is 9.06. The molecule has 200 valence electrons. The third-order valence-corrected chi connectivity index (χ3v) is 5.98. The molecule has 38 heavy (non-hydrogen) atoms. The zero-order chi connectivity index (χ0) is 27.3. The summed E-state index contributed by atoms with van der Waals surface area (Å²) in [5, 5.41) is 26.0. The Balaban J connectivity index is 0.000000436. The van der Waals surface area contributed by atoms with E-state index < -0.39 is 18.0 Å². The van der Waals surface area contributed by atoms with Crippen LogP contribution in [-0.2, 0) is 16.2 Å². The molecule has 4 rings (SSSR count). The number of rotatable bonds is 10. The number of ether oxygens (including phenoxy) is 2. The molecule has 0 saturated heterocycles. The van der Waals surface area contributed by atoms with Crippen molar-refractivity contribution in [1.29, 1.82) is 0 Å². The Labute approximate surface area is 222 Å². The lowest BCUT2D eigenvalue weighted by atomic mass is 9.86. The van der Waals surface area contributed by atoms with Crippen LogP contribution in [0.4, 0.5) is 0 Å². The molecule has 0 aromatic heterocycles. The van der Waals surface area contributed by atoms with Gasteiger partial charge in [0.05, 0.1) is 0 Å². The summed E-state index contributed by atoms with van der Waals surface area (Å²) in [7, 11) is 2.05. The third-order valence-electron chi connectivity index (χ3n) is 5.98. The highest BCUT2D eigenvalue weighted by Gasteiger charge is 2.24. The van der Waals surface area contributed by atoms with Crippen LogP contribution in [0, 0.1) is 0 Å². The first-order valence-electron chi connectivity index (χ1n) is 12.3. The number of hydrogen-bond donors (Lipinski definition) is 3. The van der Waals surface area contributed by atoms with Gasteiger partial charge in [-0.1, -0.05) is 60.7 Å². The summed E-state index contributed by atoms with van der Waals surface area (Å²) in [5.41, 5.74) is 3.82. The fraction of sp³-hybridized carbons (Fsp3) is 0.267. The first-order chi connectivity index (χ1) is 18.3. The molecule has 3 aromatic carbocycles. The van der Waals surface area contributed by atoms with Crippen LogP contribution in [0.15, 0.2) is 91.0 Å². The minimum atomic E-state index is -1.26. The number of aliphatic hydroxyl groups excluding tert-OH is 1. The average molecular weight is 520 g/mol. The lowest BCUT2D eigenvalue weighted by Gasteiger charge is -2.24.